The van der Waals surface area contributed by atoms with Crippen LogP contribution in [0.4, 0.5) is 0 Å². The van der Waals surface area contributed by atoms with E-state index in [1.807, 2.05) is 43.3 Å². The lowest BCUT2D eigenvalue weighted by molar-refractivity contribution is -0.142. The van der Waals surface area contributed by atoms with Crippen LogP contribution in [0.1, 0.15) is 19.4 Å². The van der Waals surface area contributed by atoms with Crippen LogP contribution in [-0.2, 0) is 16.1 Å². The minimum atomic E-state index is -0.612. The normalized spacial score (nSPS) is 11.4. The number of amides is 2. The molecule has 2 aromatic carbocycles. The highest BCUT2D eigenvalue weighted by Crippen LogP contribution is 2.25. The molecule has 6 nitrogen and oxygen atoms in total. The molecule has 0 heterocycles. The number of nitrogens with one attached hydrogen (secondary N) is 1. The maximum Gasteiger partial charge on any atom is 0.261 e. The van der Waals surface area contributed by atoms with E-state index < -0.39 is 6.04 Å². The molecule has 2 rings (SSSR count). The van der Waals surface area contributed by atoms with Crippen LogP contribution in [0.2, 0.25) is 0 Å². The molecule has 0 bridgehead atoms. The van der Waals surface area contributed by atoms with Crippen LogP contribution in [0.25, 0.3) is 0 Å². The van der Waals surface area contributed by atoms with E-state index in [9.17, 15) is 9.59 Å². The van der Waals surface area contributed by atoms with E-state index in [4.69, 9.17) is 9.47 Å². The van der Waals surface area contributed by atoms with E-state index in [2.05, 4.69) is 5.32 Å². The number of benzene rings is 2. The van der Waals surface area contributed by atoms with Gasteiger partial charge in [0.15, 0.2) is 18.1 Å². The average molecular weight is 370 g/mol. The van der Waals surface area contributed by atoms with Crippen LogP contribution < -0.4 is 14.8 Å². The quantitative estimate of drug-likeness (QED) is 0.737. The standard InChI is InChI=1S/C21H26N2O4/c1-4-22-21(25)16(2)23(14-17-10-6-5-7-11-17)20(24)15-27-19-13-9-8-12-18(19)26-3/h5-13,16H,4,14-15H2,1-3H3,(H,22,25)/t16-/m1/s1. The Balaban J connectivity index is 2.13. The fourth-order valence-corrected chi connectivity index (χ4v) is 2.65. The predicted octanol–water partition coefficient (Wildman–Crippen LogP) is 2.63. The summed E-state index contributed by atoms with van der Waals surface area (Å²) < 4.78 is 10.9. The predicted molar refractivity (Wildman–Crippen MR) is 104 cm³/mol. The molecule has 2 aromatic rings. The number of nitrogens with zero attached hydrogens (tertiary/aromatic N) is 1. The van der Waals surface area contributed by atoms with E-state index in [0.717, 1.165) is 5.56 Å². The van der Waals surface area contributed by atoms with Crippen molar-refractivity contribution in [2.45, 2.75) is 26.4 Å². The maximum absolute atomic E-state index is 12.9. The smallest absolute Gasteiger partial charge is 0.261 e. The van der Waals surface area contributed by atoms with Crippen LogP contribution >= 0.6 is 0 Å². The number of carbonyl (C=O) groups is 2. The molecule has 1 N–H and O–H groups in total. The summed E-state index contributed by atoms with van der Waals surface area (Å²) in [5.74, 6) is 0.568. The van der Waals surface area contributed by atoms with Crippen LogP contribution in [0.5, 0.6) is 11.5 Å². The molecule has 0 radical (unpaired) electrons. The van der Waals surface area contributed by atoms with Gasteiger partial charge >= 0.3 is 0 Å². The SMILES string of the molecule is CCNC(=O)[C@@H](C)N(Cc1ccccc1)C(=O)COc1ccccc1OC. The van der Waals surface area contributed by atoms with Gasteiger partial charge in [0.2, 0.25) is 5.91 Å². The zero-order valence-electron chi connectivity index (χ0n) is 16.0. The molecule has 0 aliphatic carbocycles. The average Bonchev–Trinajstić information content (AvgIpc) is 2.70. The van der Waals surface area contributed by atoms with Gasteiger partial charge in [-0.05, 0) is 31.5 Å². The Bertz CT molecular complexity index is 749. The van der Waals surface area contributed by atoms with Crippen molar-refractivity contribution in [1.82, 2.24) is 10.2 Å². The van der Waals surface area contributed by atoms with Gasteiger partial charge in [0.05, 0.1) is 7.11 Å². The second-order valence-electron chi connectivity index (χ2n) is 6.02. The molecule has 1 atom stereocenters. The van der Waals surface area contributed by atoms with Gasteiger partial charge in [-0.25, -0.2) is 0 Å². The van der Waals surface area contributed by atoms with Gasteiger partial charge in [-0.3, -0.25) is 9.59 Å². The van der Waals surface area contributed by atoms with Crippen molar-refractivity contribution in [3.8, 4) is 11.5 Å². The highest BCUT2D eigenvalue weighted by atomic mass is 16.5. The van der Waals surface area contributed by atoms with Gasteiger partial charge in [0, 0.05) is 13.1 Å². The highest BCUT2D eigenvalue weighted by Gasteiger charge is 2.26. The molecule has 0 saturated heterocycles. The summed E-state index contributed by atoms with van der Waals surface area (Å²) >= 11 is 0. The summed E-state index contributed by atoms with van der Waals surface area (Å²) in [6.45, 7) is 4.21. The Morgan fingerprint density at radius 3 is 2.30 bits per heavy atom. The van der Waals surface area contributed by atoms with Crippen molar-refractivity contribution in [1.29, 1.82) is 0 Å². The number of carbonyl (C=O) groups excluding carboxylic acids is 2. The van der Waals surface area contributed by atoms with Gasteiger partial charge in [-0.15, -0.1) is 0 Å². The maximum atomic E-state index is 12.9. The van der Waals surface area contributed by atoms with Gasteiger partial charge < -0.3 is 19.7 Å². The molecular weight excluding hydrogens is 344 g/mol. The fourth-order valence-electron chi connectivity index (χ4n) is 2.65. The largest absolute Gasteiger partial charge is 0.493 e. The second kappa shape index (κ2) is 10.2. The Kier molecular flexibility index (Phi) is 7.67. The molecule has 2 amide bonds. The zero-order chi connectivity index (χ0) is 19.6. The first kappa shape index (κ1) is 20.3. The van der Waals surface area contributed by atoms with Crippen molar-refractivity contribution in [2.75, 3.05) is 20.3 Å². The van der Waals surface area contributed by atoms with Crippen LogP contribution in [0.15, 0.2) is 54.6 Å². The number of likely N-dealkylation sites (N-methyl/N-ethyl adjacent to an activating group) is 1. The molecule has 0 fully saturated rings. The third-order valence-electron chi connectivity index (χ3n) is 4.13. The van der Waals surface area contributed by atoms with Crippen LogP contribution in [-0.4, -0.2) is 43.0 Å². The molecule has 6 heteroatoms. The Hall–Kier alpha value is -3.02. The van der Waals surface area contributed by atoms with Crippen molar-refractivity contribution in [2.24, 2.45) is 0 Å². The second-order valence-corrected chi connectivity index (χ2v) is 6.02. The van der Waals surface area contributed by atoms with Crippen molar-refractivity contribution >= 4 is 11.8 Å². The molecule has 0 saturated carbocycles. The van der Waals surface area contributed by atoms with E-state index >= 15 is 0 Å². The summed E-state index contributed by atoms with van der Waals surface area (Å²) in [4.78, 5) is 26.7. The molecule has 0 aromatic heterocycles. The van der Waals surface area contributed by atoms with E-state index in [0.29, 0.717) is 24.6 Å². The van der Waals surface area contributed by atoms with Gasteiger partial charge in [-0.1, -0.05) is 42.5 Å². The van der Waals surface area contributed by atoms with Crippen LogP contribution in [0.3, 0.4) is 0 Å². The Morgan fingerprint density at radius 2 is 1.67 bits per heavy atom. The molecule has 27 heavy (non-hydrogen) atoms. The lowest BCUT2D eigenvalue weighted by Gasteiger charge is -2.28. The molecule has 0 unspecified atom stereocenters. The summed E-state index contributed by atoms with van der Waals surface area (Å²) in [5.41, 5.74) is 0.944. The van der Waals surface area contributed by atoms with Crippen molar-refractivity contribution in [3.63, 3.8) is 0 Å². The number of ether oxygens (including phenoxy) is 2. The Morgan fingerprint density at radius 1 is 1.04 bits per heavy atom. The van der Waals surface area contributed by atoms with E-state index in [1.165, 1.54) is 4.90 Å². The third kappa shape index (κ3) is 5.74. The minimum absolute atomic E-state index is 0.184. The van der Waals surface area contributed by atoms with Gasteiger partial charge in [0.25, 0.3) is 5.91 Å². The monoisotopic (exact) mass is 370 g/mol. The molecule has 144 valence electrons. The summed E-state index contributed by atoms with van der Waals surface area (Å²) in [7, 11) is 1.54. The first-order chi connectivity index (χ1) is 13.1. The first-order valence-electron chi connectivity index (χ1n) is 8.93. The van der Waals surface area contributed by atoms with Gasteiger partial charge in [-0.2, -0.15) is 0 Å². The number of hydrogen-bond acceptors (Lipinski definition) is 4. The van der Waals surface area contributed by atoms with E-state index in [1.54, 1.807) is 32.2 Å². The number of rotatable bonds is 9. The fraction of sp³-hybridized carbons (Fsp3) is 0.333. The van der Waals surface area contributed by atoms with E-state index in [-0.39, 0.29) is 18.4 Å². The summed E-state index contributed by atoms with van der Waals surface area (Å²) in [5, 5.41) is 2.76. The lowest BCUT2D eigenvalue weighted by atomic mass is 10.1. The molecule has 0 aliphatic heterocycles. The number of para-hydroxylation sites is 2. The minimum Gasteiger partial charge on any atom is -0.493 e. The molecule has 0 spiro atoms. The van der Waals surface area contributed by atoms with Crippen molar-refractivity contribution in [3.05, 3.63) is 60.2 Å². The molecular formula is C21H26N2O4. The molecule has 0 aliphatic rings. The summed E-state index contributed by atoms with van der Waals surface area (Å²) in [6, 6.07) is 16.1. The summed E-state index contributed by atoms with van der Waals surface area (Å²) in [6.07, 6.45) is 0. The third-order valence-corrected chi connectivity index (χ3v) is 4.13. The van der Waals surface area contributed by atoms with Crippen molar-refractivity contribution < 1.29 is 19.1 Å². The van der Waals surface area contributed by atoms with Crippen LogP contribution in [0, 0.1) is 0 Å². The highest BCUT2D eigenvalue weighted by molar-refractivity contribution is 5.87. The number of hydrogen-bond donors (Lipinski definition) is 1. The Labute approximate surface area is 160 Å². The van der Waals surface area contributed by atoms with Gasteiger partial charge in [0.1, 0.15) is 6.04 Å². The first-order valence-corrected chi connectivity index (χ1v) is 8.93. The lowest BCUT2D eigenvalue weighted by Crippen LogP contribution is -2.49. The zero-order valence-corrected chi connectivity index (χ0v) is 16.0. The topological polar surface area (TPSA) is 67.9 Å². The number of methoxy groups -OCH3 is 1.